The van der Waals surface area contributed by atoms with Crippen LogP contribution in [0.4, 0.5) is 0 Å². The van der Waals surface area contributed by atoms with Gasteiger partial charge in [-0.2, -0.15) is 0 Å². The van der Waals surface area contributed by atoms with Crippen molar-refractivity contribution in [3.05, 3.63) is 0 Å². The SMILES string of the molecule is CC(C)C(C)C[C@H](CN)CC(=O)O. The molecule has 0 bridgehead atoms. The lowest BCUT2D eigenvalue weighted by molar-refractivity contribution is -0.138. The molecular formula is C10H21NO2. The minimum absolute atomic E-state index is 0.134. The summed E-state index contributed by atoms with van der Waals surface area (Å²) in [5.74, 6) is 0.539. The second-order valence-corrected chi connectivity index (χ2v) is 4.16. The maximum atomic E-state index is 10.5. The van der Waals surface area contributed by atoms with Gasteiger partial charge in [0.1, 0.15) is 0 Å². The minimum atomic E-state index is -0.744. The fraction of sp³-hybridized carbons (Fsp3) is 0.900. The third kappa shape index (κ3) is 5.64. The number of carboxylic acid groups (broad SMARTS) is 1. The first kappa shape index (κ1) is 12.4. The van der Waals surface area contributed by atoms with Gasteiger partial charge in [-0.25, -0.2) is 0 Å². The summed E-state index contributed by atoms with van der Waals surface area (Å²) in [5.41, 5.74) is 5.51. The second kappa shape index (κ2) is 5.97. The lowest BCUT2D eigenvalue weighted by Gasteiger charge is -2.20. The van der Waals surface area contributed by atoms with Gasteiger partial charge in [0.25, 0.3) is 0 Å². The van der Waals surface area contributed by atoms with Crippen molar-refractivity contribution in [3.8, 4) is 0 Å². The van der Waals surface area contributed by atoms with E-state index < -0.39 is 5.97 Å². The smallest absolute Gasteiger partial charge is 0.303 e. The molecule has 78 valence electrons. The molecular weight excluding hydrogens is 166 g/mol. The van der Waals surface area contributed by atoms with E-state index >= 15 is 0 Å². The van der Waals surface area contributed by atoms with Gasteiger partial charge in [0.2, 0.25) is 0 Å². The highest BCUT2D eigenvalue weighted by Crippen LogP contribution is 2.21. The first-order valence-corrected chi connectivity index (χ1v) is 4.89. The molecule has 1 unspecified atom stereocenters. The van der Waals surface area contributed by atoms with Crippen molar-refractivity contribution in [1.82, 2.24) is 0 Å². The van der Waals surface area contributed by atoms with E-state index in [2.05, 4.69) is 20.8 Å². The number of rotatable bonds is 6. The predicted molar refractivity (Wildman–Crippen MR) is 53.4 cm³/mol. The Balaban J connectivity index is 3.90. The predicted octanol–water partition coefficient (Wildman–Crippen LogP) is 1.72. The zero-order valence-electron chi connectivity index (χ0n) is 8.79. The van der Waals surface area contributed by atoms with E-state index in [0.717, 1.165) is 6.42 Å². The molecule has 0 spiro atoms. The van der Waals surface area contributed by atoms with E-state index in [4.69, 9.17) is 10.8 Å². The lowest BCUT2D eigenvalue weighted by Crippen LogP contribution is -2.22. The van der Waals surface area contributed by atoms with Crippen LogP contribution in [0.2, 0.25) is 0 Å². The zero-order chi connectivity index (χ0) is 10.4. The summed E-state index contributed by atoms with van der Waals surface area (Å²) < 4.78 is 0. The monoisotopic (exact) mass is 187 g/mol. The molecule has 0 saturated carbocycles. The molecule has 0 aliphatic rings. The van der Waals surface area contributed by atoms with Gasteiger partial charge in [0, 0.05) is 6.42 Å². The summed E-state index contributed by atoms with van der Waals surface area (Å²) in [7, 11) is 0. The first-order valence-electron chi connectivity index (χ1n) is 4.89. The van der Waals surface area contributed by atoms with E-state index in [-0.39, 0.29) is 12.3 Å². The van der Waals surface area contributed by atoms with Gasteiger partial charge in [-0.05, 0) is 30.7 Å². The minimum Gasteiger partial charge on any atom is -0.481 e. The van der Waals surface area contributed by atoms with E-state index in [0.29, 0.717) is 18.4 Å². The average molecular weight is 187 g/mol. The second-order valence-electron chi connectivity index (χ2n) is 4.16. The summed E-state index contributed by atoms with van der Waals surface area (Å²) >= 11 is 0. The van der Waals surface area contributed by atoms with Crippen molar-refractivity contribution in [2.45, 2.75) is 33.6 Å². The Bertz CT molecular complexity index is 157. The van der Waals surface area contributed by atoms with Crippen LogP contribution in [0.3, 0.4) is 0 Å². The molecule has 0 aromatic heterocycles. The highest BCUT2D eigenvalue weighted by molar-refractivity contribution is 5.67. The number of carbonyl (C=O) groups is 1. The molecule has 0 heterocycles. The molecule has 0 aromatic carbocycles. The van der Waals surface area contributed by atoms with Crippen LogP contribution in [-0.2, 0) is 4.79 Å². The van der Waals surface area contributed by atoms with Gasteiger partial charge >= 0.3 is 5.97 Å². The normalized spacial score (nSPS) is 15.8. The lowest BCUT2D eigenvalue weighted by atomic mass is 9.86. The molecule has 3 N–H and O–H groups in total. The number of hydrogen-bond donors (Lipinski definition) is 2. The Hall–Kier alpha value is -0.570. The molecule has 0 radical (unpaired) electrons. The molecule has 2 atom stereocenters. The molecule has 13 heavy (non-hydrogen) atoms. The Labute approximate surface area is 80.3 Å². The summed E-state index contributed by atoms with van der Waals surface area (Å²) in [4.78, 5) is 10.5. The van der Waals surface area contributed by atoms with Crippen molar-refractivity contribution >= 4 is 5.97 Å². The third-order valence-corrected chi connectivity index (χ3v) is 2.64. The summed E-state index contributed by atoms with van der Waals surface area (Å²) in [5, 5.41) is 8.61. The summed E-state index contributed by atoms with van der Waals surface area (Å²) in [6.45, 7) is 6.93. The molecule has 3 heteroatoms. The summed E-state index contributed by atoms with van der Waals surface area (Å²) in [6.07, 6.45) is 1.12. The number of aliphatic carboxylic acids is 1. The summed E-state index contributed by atoms with van der Waals surface area (Å²) in [6, 6.07) is 0. The van der Waals surface area contributed by atoms with Gasteiger partial charge in [-0.3, -0.25) is 4.79 Å². The first-order chi connectivity index (χ1) is 5.97. The molecule has 0 rings (SSSR count). The van der Waals surface area contributed by atoms with Crippen molar-refractivity contribution in [2.75, 3.05) is 6.54 Å². The molecule has 0 aliphatic heterocycles. The van der Waals surface area contributed by atoms with Crippen molar-refractivity contribution in [3.63, 3.8) is 0 Å². The number of carboxylic acids is 1. The fourth-order valence-electron chi connectivity index (χ4n) is 1.31. The maximum Gasteiger partial charge on any atom is 0.303 e. The van der Waals surface area contributed by atoms with Crippen LogP contribution in [0, 0.1) is 17.8 Å². The Morgan fingerprint density at radius 3 is 2.23 bits per heavy atom. The van der Waals surface area contributed by atoms with Gasteiger partial charge in [0.05, 0.1) is 0 Å². The molecule has 0 amide bonds. The third-order valence-electron chi connectivity index (χ3n) is 2.64. The molecule has 0 saturated heterocycles. The number of nitrogens with two attached hydrogens (primary N) is 1. The van der Waals surface area contributed by atoms with Crippen LogP contribution in [0.1, 0.15) is 33.6 Å². The fourth-order valence-corrected chi connectivity index (χ4v) is 1.31. The van der Waals surface area contributed by atoms with Gasteiger partial charge < -0.3 is 10.8 Å². The Morgan fingerprint density at radius 1 is 1.38 bits per heavy atom. The van der Waals surface area contributed by atoms with E-state index in [9.17, 15) is 4.79 Å². The highest BCUT2D eigenvalue weighted by atomic mass is 16.4. The Kier molecular flexibility index (Phi) is 5.71. The highest BCUT2D eigenvalue weighted by Gasteiger charge is 2.16. The van der Waals surface area contributed by atoms with Crippen molar-refractivity contribution in [2.24, 2.45) is 23.5 Å². The van der Waals surface area contributed by atoms with Crippen LogP contribution >= 0.6 is 0 Å². The van der Waals surface area contributed by atoms with E-state index in [1.165, 1.54) is 0 Å². The average Bonchev–Trinajstić information content (AvgIpc) is 2.02. The maximum absolute atomic E-state index is 10.5. The molecule has 0 aromatic rings. The van der Waals surface area contributed by atoms with Crippen molar-refractivity contribution < 1.29 is 9.90 Å². The van der Waals surface area contributed by atoms with E-state index in [1.807, 2.05) is 0 Å². The van der Waals surface area contributed by atoms with E-state index in [1.54, 1.807) is 0 Å². The molecule has 0 fully saturated rings. The van der Waals surface area contributed by atoms with Gasteiger partial charge in [0.15, 0.2) is 0 Å². The standard InChI is InChI=1S/C10H21NO2/c1-7(2)8(3)4-9(6-11)5-10(12)13/h7-9H,4-6,11H2,1-3H3,(H,12,13)/t8?,9-/m0/s1. The van der Waals surface area contributed by atoms with Gasteiger partial charge in [-0.15, -0.1) is 0 Å². The largest absolute Gasteiger partial charge is 0.481 e. The van der Waals surface area contributed by atoms with Gasteiger partial charge in [-0.1, -0.05) is 20.8 Å². The molecule has 0 aliphatic carbocycles. The van der Waals surface area contributed by atoms with Crippen LogP contribution in [0.15, 0.2) is 0 Å². The topological polar surface area (TPSA) is 63.3 Å². The van der Waals surface area contributed by atoms with Crippen LogP contribution in [0.25, 0.3) is 0 Å². The molecule has 3 nitrogen and oxygen atoms in total. The number of hydrogen-bond acceptors (Lipinski definition) is 2. The quantitative estimate of drug-likeness (QED) is 0.665. The van der Waals surface area contributed by atoms with Crippen LogP contribution < -0.4 is 5.73 Å². The Morgan fingerprint density at radius 2 is 1.92 bits per heavy atom. The zero-order valence-corrected chi connectivity index (χ0v) is 8.79. The van der Waals surface area contributed by atoms with Crippen molar-refractivity contribution in [1.29, 1.82) is 0 Å². The van der Waals surface area contributed by atoms with Crippen LogP contribution in [0.5, 0.6) is 0 Å². The van der Waals surface area contributed by atoms with Crippen LogP contribution in [-0.4, -0.2) is 17.6 Å².